The molecule has 4 nitrogen and oxygen atoms in total. The van der Waals surface area contributed by atoms with Gasteiger partial charge in [-0.05, 0) is 60.7 Å². The lowest BCUT2D eigenvalue weighted by Crippen LogP contribution is -2.09. The van der Waals surface area contributed by atoms with Crippen LogP contribution in [0.3, 0.4) is 0 Å². The maximum Gasteiger partial charge on any atom is 0.0405 e. The summed E-state index contributed by atoms with van der Waals surface area (Å²) in [6, 6.07) is 12.4. The van der Waals surface area contributed by atoms with Crippen molar-refractivity contribution in [2.75, 3.05) is 6.54 Å². The Morgan fingerprint density at radius 2 is 1.57 bits per heavy atom. The highest BCUT2D eigenvalue weighted by Gasteiger charge is 1.99. The van der Waals surface area contributed by atoms with Crippen LogP contribution in [0.1, 0.15) is 17.1 Å². The number of hydrogen-bond acceptors (Lipinski definition) is 1. The van der Waals surface area contributed by atoms with E-state index in [-0.39, 0.29) is 0 Å². The van der Waals surface area contributed by atoms with Gasteiger partial charge in [0.25, 0.3) is 0 Å². The van der Waals surface area contributed by atoms with E-state index in [0.29, 0.717) is 0 Å². The monoisotopic (exact) mass is 302 g/mol. The summed E-state index contributed by atoms with van der Waals surface area (Å²) in [6.07, 6.45) is 12.4. The van der Waals surface area contributed by atoms with Crippen molar-refractivity contribution in [3.05, 3.63) is 88.2 Å². The summed E-state index contributed by atoms with van der Waals surface area (Å²) in [5.41, 5.74) is 4.40. The lowest BCUT2D eigenvalue weighted by molar-refractivity contribution is 0.988. The smallest absolute Gasteiger partial charge is 0.0405 e. The zero-order valence-electron chi connectivity index (χ0n) is 12.6. The fourth-order valence-corrected chi connectivity index (χ4v) is 2.65. The first-order chi connectivity index (χ1) is 11.3. The van der Waals surface area contributed by atoms with Crippen molar-refractivity contribution in [1.29, 1.82) is 0 Å². The second-order valence-corrected chi connectivity index (χ2v) is 5.54. The van der Waals surface area contributed by atoms with E-state index in [2.05, 4.69) is 74.9 Å². The molecule has 1 aliphatic rings. The normalized spacial score (nSPS) is 17.3. The van der Waals surface area contributed by atoms with Crippen LogP contribution in [0.15, 0.2) is 60.4 Å². The van der Waals surface area contributed by atoms with E-state index in [1.807, 2.05) is 18.3 Å². The Bertz CT molecular complexity index is 965. The molecule has 0 saturated heterocycles. The minimum Gasteiger partial charge on any atom is -0.382 e. The summed E-state index contributed by atoms with van der Waals surface area (Å²) < 4.78 is 0. The van der Waals surface area contributed by atoms with Gasteiger partial charge in [-0.2, -0.15) is 0 Å². The van der Waals surface area contributed by atoms with Crippen LogP contribution in [0.25, 0.3) is 18.2 Å². The molecule has 4 N–H and O–H groups in total. The predicted octanol–water partition coefficient (Wildman–Crippen LogP) is 1.83. The molecule has 0 atom stereocenters. The van der Waals surface area contributed by atoms with Crippen LogP contribution >= 0.6 is 0 Å². The van der Waals surface area contributed by atoms with E-state index >= 15 is 0 Å². The molecule has 1 aliphatic heterocycles. The van der Waals surface area contributed by atoms with E-state index in [9.17, 15) is 0 Å². The molecule has 4 rings (SSSR count). The molecule has 0 aromatic carbocycles. The van der Waals surface area contributed by atoms with Gasteiger partial charge in [0.1, 0.15) is 0 Å². The lowest BCUT2D eigenvalue weighted by Gasteiger charge is -1.95. The summed E-state index contributed by atoms with van der Waals surface area (Å²) in [5.74, 6) is 0. The fraction of sp³-hybridized carbons (Fsp3) is 0.0526. The minimum atomic E-state index is 0.911. The molecule has 0 radical (unpaired) electrons. The molecule has 3 aromatic rings. The summed E-state index contributed by atoms with van der Waals surface area (Å²) in [6.45, 7) is 0.911. The molecule has 0 unspecified atom stereocenters. The van der Waals surface area contributed by atoms with Crippen LogP contribution < -0.4 is 16.0 Å². The standard InChI is InChI=1S/C19H18N4/c1-3-14(20-9-1)11-16-5-7-18(22-16)13-19-8-6-17(23-19)12-15-4-2-10-21-15/h1-9,11-13,20-23H,10H2/b15-12-,16-11-,18-13-. The van der Waals surface area contributed by atoms with E-state index in [4.69, 9.17) is 0 Å². The van der Waals surface area contributed by atoms with Crippen molar-refractivity contribution in [3.63, 3.8) is 0 Å². The molecule has 0 aliphatic carbocycles. The molecule has 0 bridgehead atoms. The Labute approximate surface area is 134 Å². The van der Waals surface area contributed by atoms with Crippen molar-refractivity contribution in [1.82, 2.24) is 20.3 Å². The van der Waals surface area contributed by atoms with Crippen LogP contribution in [-0.4, -0.2) is 21.5 Å². The molecule has 0 fully saturated rings. The van der Waals surface area contributed by atoms with Crippen molar-refractivity contribution in [2.24, 2.45) is 0 Å². The molecule has 23 heavy (non-hydrogen) atoms. The number of hydrogen-bond donors (Lipinski definition) is 4. The molecule has 3 aromatic heterocycles. The van der Waals surface area contributed by atoms with Crippen molar-refractivity contribution in [3.8, 4) is 0 Å². The van der Waals surface area contributed by atoms with Crippen molar-refractivity contribution < 1.29 is 0 Å². The minimum absolute atomic E-state index is 0.911. The Hall–Kier alpha value is -3.14. The first-order valence-corrected chi connectivity index (χ1v) is 7.68. The Kier molecular flexibility index (Phi) is 3.48. The largest absolute Gasteiger partial charge is 0.382 e. The Morgan fingerprint density at radius 1 is 0.783 bits per heavy atom. The van der Waals surface area contributed by atoms with Crippen LogP contribution in [0, 0.1) is 0 Å². The predicted molar refractivity (Wildman–Crippen MR) is 93.9 cm³/mol. The Morgan fingerprint density at radius 3 is 2.26 bits per heavy atom. The highest BCUT2D eigenvalue weighted by molar-refractivity contribution is 5.57. The molecule has 0 saturated carbocycles. The zero-order valence-corrected chi connectivity index (χ0v) is 12.6. The van der Waals surface area contributed by atoms with Gasteiger partial charge in [0.2, 0.25) is 0 Å². The third kappa shape index (κ3) is 3.21. The van der Waals surface area contributed by atoms with Gasteiger partial charge in [-0.25, -0.2) is 0 Å². The maximum absolute atomic E-state index is 3.40. The van der Waals surface area contributed by atoms with Crippen LogP contribution in [0.2, 0.25) is 0 Å². The van der Waals surface area contributed by atoms with Crippen LogP contribution in [-0.2, 0) is 0 Å². The summed E-state index contributed by atoms with van der Waals surface area (Å²) >= 11 is 0. The molecule has 0 amide bonds. The number of nitrogens with one attached hydrogen (secondary N) is 4. The van der Waals surface area contributed by atoms with Crippen LogP contribution in [0.5, 0.6) is 0 Å². The zero-order chi connectivity index (χ0) is 15.5. The highest BCUT2D eigenvalue weighted by atomic mass is 14.9. The third-order valence-electron chi connectivity index (χ3n) is 3.74. The highest BCUT2D eigenvalue weighted by Crippen LogP contribution is 2.09. The maximum atomic E-state index is 3.40. The number of rotatable bonds is 3. The quantitative estimate of drug-likeness (QED) is 0.586. The molecule has 4 heteroatoms. The lowest BCUT2D eigenvalue weighted by atomic mass is 10.3. The van der Waals surface area contributed by atoms with Gasteiger partial charge in [-0.3, -0.25) is 0 Å². The van der Waals surface area contributed by atoms with Gasteiger partial charge < -0.3 is 20.3 Å². The topological polar surface area (TPSA) is 59.4 Å². The fourth-order valence-electron chi connectivity index (χ4n) is 2.65. The van der Waals surface area contributed by atoms with Gasteiger partial charge in [0.05, 0.1) is 0 Å². The van der Waals surface area contributed by atoms with E-state index in [1.54, 1.807) is 0 Å². The molecular formula is C19H18N4. The van der Waals surface area contributed by atoms with Crippen molar-refractivity contribution in [2.45, 2.75) is 0 Å². The van der Waals surface area contributed by atoms with E-state index < -0.39 is 0 Å². The molecule has 0 spiro atoms. The van der Waals surface area contributed by atoms with Gasteiger partial charge in [-0.15, -0.1) is 0 Å². The van der Waals surface area contributed by atoms with Gasteiger partial charge in [-0.1, -0.05) is 6.08 Å². The van der Waals surface area contributed by atoms with Crippen molar-refractivity contribution >= 4 is 18.2 Å². The van der Waals surface area contributed by atoms with Gasteiger partial charge in [0.15, 0.2) is 0 Å². The number of allylic oxidation sites excluding steroid dienone is 1. The molecule has 114 valence electrons. The molecular weight excluding hydrogens is 284 g/mol. The number of H-pyrrole nitrogens is 3. The summed E-state index contributed by atoms with van der Waals surface area (Å²) in [7, 11) is 0. The van der Waals surface area contributed by atoms with Gasteiger partial charge >= 0.3 is 0 Å². The van der Waals surface area contributed by atoms with E-state index in [1.165, 1.54) is 0 Å². The number of aromatic amines is 3. The SMILES string of the molecule is C1=C/C(=C/c2ccc(/C=c3/cc/c(=C/c4ccc[nH]4)[nH]3)[nH]2)NC1. The summed E-state index contributed by atoms with van der Waals surface area (Å²) in [5, 5.41) is 5.44. The second-order valence-electron chi connectivity index (χ2n) is 5.54. The first kappa shape index (κ1) is 13.5. The third-order valence-corrected chi connectivity index (χ3v) is 3.74. The molecule has 4 heterocycles. The summed E-state index contributed by atoms with van der Waals surface area (Å²) in [4.78, 5) is 9.97. The average molecular weight is 302 g/mol. The first-order valence-electron chi connectivity index (χ1n) is 7.68. The second kappa shape index (κ2) is 5.93. The van der Waals surface area contributed by atoms with Crippen LogP contribution in [0.4, 0.5) is 0 Å². The number of aromatic nitrogens is 3. The Balaban J connectivity index is 1.59. The van der Waals surface area contributed by atoms with Gasteiger partial charge in [0, 0.05) is 46.2 Å². The average Bonchev–Trinajstić information content (AvgIpc) is 3.31. The van der Waals surface area contributed by atoms with E-state index in [0.717, 1.165) is 40.0 Å².